The van der Waals surface area contributed by atoms with Crippen LogP contribution in [0.3, 0.4) is 0 Å². The highest BCUT2D eigenvalue weighted by Gasteiger charge is 2.20. The number of aromatic nitrogens is 2. The molecule has 0 aliphatic rings. The van der Waals surface area contributed by atoms with E-state index in [0.717, 1.165) is 21.5 Å². The van der Waals surface area contributed by atoms with Crippen LogP contribution in [0.25, 0.3) is 16.6 Å². The molecule has 0 bridgehead atoms. The number of aromatic amines is 1. The van der Waals surface area contributed by atoms with Crippen LogP contribution in [0.5, 0.6) is 0 Å². The van der Waals surface area contributed by atoms with Gasteiger partial charge in [0.05, 0.1) is 32.6 Å². The Morgan fingerprint density at radius 3 is 2.57 bits per heavy atom. The van der Waals surface area contributed by atoms with Crippen molar-refractivity contribution in [2.75, 3.05) is 0 Å². The summed E-state index contributed by atoms with van der Waals surface area (Å²) >= 11 is 0.876. The molecule has 0 fully saturated rings. The number of carbonyl (C=O) groups is 1. The summed E-state index contributed by atoms with van der Waals surface area (Å²) in [6.45, 7) is 1.84. The molecular formula is C21H16N2O5S2. The first-order valence-electron chi connectivity index (χ1n) is 8.94. The van der Waals surface area contributed by atoms with Crippen molar-refractivity contribution in [1.29, 1.82) is 0 Å². The first kappa shape index (κ1) is 20.0. The number of H-pyrrole nitrogens is 1. The second kappa shape index (κ2) is 7.85. The highest BCUT2D eigenvalue weighted by molar-refractivity contribution is 7.85. The van der Waals surface area contributed by atoms with Crippen molar-refractivity contribution in [3.05, 3.63) is 91.3 Å². The van der Waals surface area contributed by atoms with Gasteiger partial charge in [0.2, 0.25) is 0 Å². The highest BCUT2D eigenvalue weighted by atomic mass is 32.2. The van der Waals surface area contributed by atoms with Crippen molar-refractivity contribution in [2.45, 2.75) is 17.1 Å². The zero-order valence-corrected chi connectivity index (χ0v) is 17.3. The van der Waals surface area contributed by atoms with Crippen molar-refractivity contribution >= 4 is 39.0 Å². The highest BCUT2D eigenvalue weighted by Crippen LogP contribution is 2.26. The molecule has 0 amide bonds. The third-order valence-electron chi connectivity index (χ3n) is 4.75. The van der Waals surface area contributed by atoms with Gasteiger partial charge in [0.1, 0.15) is 4.88 Å². The summed E-state index contributed by atoms with van der Waals surface area (Å²) in [5, 5.41) is 10.4. The Hall–Kier alpha value is -3.30. The van der Waals surface area contributed by atoms with Crippen LogP contribution in [0.2, 0.25) is 0 Å². The largest absolute Gasteiger partial charge is 0.477 e. The first-order chi connectivity index (χ1) is 14.4. The topological polar surface area (TPSA) is 109 Å². The first-order valence-corrected chi connectivity index (χ1v) is 11.0. The summed E-state index contributed by atoms with van der Waals surface area (Å²) < 4.78 is 13.9. The van der Waals surface area contributed by atoms with E-state index in [2.05, 4.69) is 4.98 Å². The van der Waals surface area contributed by atoms with Gasteiger partial charge in [-0.05, 0) is 30.7 Å². The fourth-order valence-corrected chi connectivity index (χ4v) is 5.32. The second-order valence-corrected chi connectivity index (χ2v) is 9.23. The normalized spacial score (nSPS) is 13.2. The smallest absolute Gasteiger partial charge is 0.346 e. The molecule has 9 heteroatoms. The molecule has 152 valence electrons. The molecule has 0 saturated heterocycles. The van der Waals surface area contributed by atoms with E-state index in [1.54, 1.807) is 18.2 Å². The maximum atomic E-state index is 13.1. The van der Waals surface area contributed by atoms with Crippen molar-refractivity contribution in [3.8, 4) is 5.69 Å². The van der Waals surface area contributed by atoms with Crippen molar-refractivity contribution in [3.63, 3.8) is 0 Å². The van der Waals surface area contributed by atoms with Gasteiger partial charge in [-0.3, -0.25) is 9.00 Å². The summed E-state index contributed by atoms with van der Waals surface area (Å²) in [5.41, 5.74) is -0.118. The quantitative estimate of drug-likeness (QED) is 0.495. The number of benzene rings is 2. The predicted octanol–water partition coefficient (Wildman–Crippen LogP) is 3.31. The van der Waals surface area contributed by atoms with Crippen LogP contribution in [0.15, 0.2) is 74.5 Å². The zero-order valence-electron chi connectivity index (χ0n) is 15.7. The van der Waals surface area contributed by atoms with Crippen LogP contribution in [0.1, 0.15) is 27.4 Å². The molecule has 4 rings (SSSR count). The Balaban J connectivity index is 1.83. The minimum absolute atomic E-state index is 0.0590. The van der Waals surface area contributed by atoms with E-state index in [-0.39, 0.29) is 26.7 Å². The molecule has 2 aromatic carbocycles. The van der Waals surface area contributed by atoms with Gasteiger partial charge in [-0.25, -0.2) is 14.2 Å². The lowest BCUT2D eigenvalue weighted by Crippen LogP contribution is -2.33. The summed E-state index contributed by atoms with van der Waals surface area (Å²) in [5.74, 6) is -1.24. The van der Waals surface area contributed by atoms with Gasteiger partial charge in [-0.15, -0.1) is 11.3 Å². The third kappa shape index (κ3) is 3.42. The van der Waals surface area contributed by atoms with Crippen LogP contribution in [-0.2, 0) is 10.8 Å². The standard InChI is InChI=1S/C21H16N2O5S2/c1-12(13-6-3-2-4-7-13)30(28)15-9-5-8-14(10-15)23-19(24)17-16(22-21(23)27)11-29-18(17)20(25)26/h2-12H,1H3,(H,22,27)(H,25,26). The fraction of sp³-hybridized carbons (Fsp3) is 0.0952. The SMILES string of the molecule is CC(c1ccccc1)S(=O)c1cccc(-n2c(=O)[nH]c3csc(C(=O)O)c3c2=O)c1. The third-order valence-corrected chi connectivity index (χ3v) is 7.35. The van der Waals surface area contributed by atoms with Gasteiger partial charge in [0.25, 0.3) is 5.56 Å². The molecule has 30 heavy (non-hydrogen) atoms. The molecule has 2 atom stereocenters. The summed E-state index contributed by atoms with van der Waals surface area (Å²) in [6.07, 6.45) is 0. The number of nitrogens with zero attached hydrogens (tertiary/aromatic N) is 1. The lowest BCUT2D eigenvalue weighted by atomic mass is 10.2. The van der Waals surface area contributed by atoms with E-state index in [9.17, 15) is 23.7 Å². The van der Waals surface area contributed by atoms with Gasteiger partial charge in [-0.1, -0.05) is 36.4 Å². The van der Waals surface area contributed by atoms with E-state index >= 15 is 0 Å². The monoisotopic (exact) mass is 440 g/mol. The lowest BCUT2D eigenvalue weighted by Gasteiger charge is -2.13. The minimum atomic E-state index is -1.43. The van der Waals surface area contributed by atoms with Crippen molar-refractivity contribution in [1.82, 2.24) is 9.55 Å². The lowest BCUT2D eigenvalue weighted by molar-refractivity contribution is 0.0704. The molecule has 2 unspecified atom stereocenters. The number of fused-ring (bicyclic) bond motifs is 1. The Labute approximate surface area is 176 Å². The zero-order chi connectivity index (χ0) is 21.4. The molecule has 0 saturated carbocycles. The van der Waals surface area contributed by atoms with Gasteiger partial charge in [0, 0.05) is 10.3 Å². The molecule has 7 nitrogen and oxygen atoms in total. The van der Waals surface area contributed by atoms with Gasteiger partial charge in [0.15, 0.2) is 0 Å². The Bertz CT molecular complexity index is 1400. The molecule has 2 heterocycles. The number of aromatic carboxylic acids is 1. The van der Waals surface area contributed by atoms with E-state index < -0.39 is 28.0 Å². The molecule has 2 aromatic heterocycles. The molecule has 2 N–H and O–H groups in total. The molecular weight excluding hydrogens is 424 g/mol. The van der Waals surface area contributed by atoms with Gasteiger partial charge >= 0.3 is 11.7 Å². The number of carboxylic acid groups (broad SMARTS) is 1. The molecule has 0 spiro atoms. The summed E-state index contributed by atoms with van der Waals surface area (Å²) in [6, 6.07) is 15.7. The molecule has 0 aliphatic heterocycles. The van der Waals surface area contributed by atoms with Crippen LogP contribution in [0, 0.1) is 0 Å². The Morgan fingerprint density at radius 2 is 1.87 bits per heavy atom. The number of hydrogen-bond donors (Lipinski definition) is 2. The van der Waals surface area contributed by atoms with Crippen LogP contribution < -0.4 is 11.2 Å². The van der Waals surface area contributed by atoms with Gasteiger partial charge in [-0.2, -0.15) is 0 Å². The molecule has 0 aliphatic carbocycles. The van der Waals surface area contributed by atoms with E-state index in [4.69, 9.17) is 0 Å². The van der Waals surface area contributed by atoms with E-state index in [0.29, 0.717) is 4.90 Å². The second-order valence-electron chi connectivity index (χ2n) is 6.58. The van der Waals surface area contributed by atoms with Crippen LogP contribution in [-0.4, -0.2) is 24.8 Å². The van der Waals surface area contributed by atoms with Crippen molar-refractivity contribution < 1.29 is 14.1 Å². The average molecular weight is 441 g/mol. The fourth-order valence-electron chi connectivity index (χ4n) is 3.23. The molecule has 4 aromatic rings. The average Bonchev–Trinajstić information content (AvgIpc) is 3.18. The Kier molecular flexibility index (Phi) is 5.23. The van der Waals surface area contributed by atoms with E-state index in [1.807, 2.05) is 37.3 Å². The predicted molar refractivity (Wildman–Crippen MR) is 116 cm³/mol. The Morgan fingerprint density at radius 1 is 1.13 bits per heavy atom. The maximum Gasteiger partial charge on any atom is 0.346 e. The number of thiophene rings is 1. The number of rotatable bonds is 5. The number of carboxylic acids is 1. The summed E-state index contributed by atoms with van der Waals surface area (Å²) in [4.78, 5) is 39.9. The van der Waals surface area contributed by atoms with Crippen molar-refractivity contribution in [2.24, 2.45) is 0 Å². The number of hydrogen-bond acceptors (Lipinski definition) is 5. The van der Waals surface area contributed by atoms with E-state index in [1.165, 1.54) is 11.4 Å². The number of nitrogens with one attached hydrogen (secondary N) is 1. The van der Waals surface area contributed by atoms with Gasteiger partial charge < -0.3 is 10.1 Å². The minimum Gasteiger partial charge on any atom is -0.477 e. The van der Waals surface area contributed by atoms with Crippen LogP contribution in [0.4, 0.5) is 0 Å². The molecule has 0 radical (unpaired) electrons. The maximum absolute atomic E-state index is 13.1. The summed E-state index contributed by atoms with van der Waals surface area (Å²) in [7, 11) is -1.43. The van der Waals surface area contributed by atoms with Crippen LogP contribution >= 0.6 is 11.3 Å².